The van der Waals surface area contributed by atoms with E-state index in [0.29, 0.717) is 5.69 Å². The SMILES string of the molecule is Cc1cc(F)cc(NC(C(=O)O)C2CC=CCC2)c1. The van der Waals surface area contributed by atoms with E-state index in [4.69, 9.17) is 0 Å². The molecule has 0 aromatic heterocycles. The quantitative estimate of drug-likeness (QED) is 0.819. The van der Waals surface area contributed by atoms with E-state index in [2.05, 4.69) is 11.4 Å². The summed E-state index contributed by atoms with van der Waals surface area (Å²) in [6.07, 6.45) is 6.58. The number of anilines is 1. The van der Waals surface area contributed by atoms with E-state index in [1.807, 2.05) is 6.08 Å². The number of aryl methyl sites for hydroxylation is 1. The Labute approximate surface area is 112 Å². The van der Waals surface area contributed by atoms with Gasteiger partial charge in [0.1, 0.15) is 11.9 Å². The van der Waals surface area contributed by atoms with Crippen LogP contribution >= 0.6 is 0 Å². The van der Waals surface area contributed by atoms with E-state index in [1.165, 1.54) is 12.1 Å². The number of hydrogen-bond acceptors (Lipinski definition) is 2. The van der Waals surface area contributed by atoms with Gasteiger partial charge >= 0.3 is 5.97 Å². The molecule has 102 valence electrons. The second-order valence-electron chi connectivity index (χ2n) is 5.02. The van der Waals surface area contributed by atoms with Crippen molar-refractivity contribution in [3.63, 3.8) is 0 Å². The Morgan fingerprint density at radius 2 is 2.21 bits per heavy atom. The van der Waals surface area contributed by atoms with Crippen molar-refractivity contribution in [2.45, 2.75) is 32.2 Å². The zero-order valence-corrected chi connectivity index (χ0v) is 10.9. The van der Waals surface area contributed by atoms with Gasteiger partial charge in [-0.3, -0.25) is 0 Å². The molecule has 0 fully saturated rings. The predicted molar refractivity (Wildman–Crippen MR) is 72.7 cm³/mol. The highest BCUT2D eigenvalue weighted by molar-refractivity contribution is 5.77. The lowest BCUT2D eigenvalue weighted by Gasteiger charge is -2.26. The van der Waals surface area contributed by atoms with Crippen molar-refractivity contribution in [2.75, 3.05) is 5.32 Å². The first-order valence-corrected chi connectivity index (χ1v) is 6.48. The van der Waals surface area contributed by atoms with E-state index in [9.17, 15) is 14.3 Å². The largest absolute Gasteiger partial charge is 0.480 e. The molecule has 2 atom stereocenters. The van der Waals surface area contributed by atoms with Gasteiger partial charge in [-0.2, -0.15) is 0 Å². The van der Waals surface area contributed by atoms with Gasteiger partial charge in [0.2, 0.25) is 0 Å². The molecule has 0 bridgehead atoms. The molecule has 0 saturated heterocycles. The summed E-state index contributed by atoms with van der Waals surface area (Å²) >= 11 is 0. The smallest absolute Gasteiger partial charge is 0.326 e. The summed E-state index contributed by atoms with van der Waals surface area (Å²) in [5, 5.41) is 12.3. The molecule has 0 spiro atoms. The molecule has 2 rings (SSSR count). The maximum atomic E-state index is 13.3. The summed E-state index contributed by atoms with van der Waals surface area (Å²) in [5.74, 6) is -1.19. The van der Waals surface area contributed by atoms with Crippen molar-refractivity contribution < 1.29 is 14.3 Å². The number of allylic oxidation sites excluding steroid dienone is 2. The molecule has 0 amide bonds. The highest BCUT2D eigenvalue weighted by atomic mass is 19.1. The summed E-state index contributed by atoms with van der Waals surface area (Å²) in [6, 6.07) is 3.84. The van der Waals surface area contributed by atoms with Crippen molar-refractivity contribution in [3.05, 3.63) is 41.7 Å². The molecule has 1 aromatic rings. The Balaban J connectivity index is 2.16. The molecule has 2 unspecified atom stereocenters. The summed E-state index contributed by atoms with van der Waals surface area (Å²) in [6.45, 7) is 1.79. The van der Waals surface area contributed by atoms with Crippen LogP contribution < -0.4 is 5.32 Å². The number of nitrogens with one attached hydrogen (secondary N) is 1. The van der Waals surface area contributed by atoms with Crippen molar-refractivity contribution >= 4 is 11.7 Å². The van der Waals surface area contributed by atoms with Crippen LogP contribution in [0.15, 0.2) is 30.4 Å². The van der Waals surface area contributed by atoms with Crippen LogP contribution in [0, 0.1) is 18.7 Å². The van der Waals surface area contributed by atoms with E-state index >= 15 is 0 Å². The molecule has 3 nitrogen and oxygen atoms in total. The first kappa shape index (κ1) is 13.6. The molecule has 4 heteroatoms. The molecule has 19 heavy (non-hydrogen) atoms. The van der Waals surface area contributed by atoms with Crippen molar-refractivity contribution in [3.8, 4) is 0 Å². The zero-order valence-electron chi connectivity index (χ0n) is 10.9. The molecule has 0 heterocycles. The van der Waals surface area contributed by atoms with Crippen LogP contribution in [0.25, 0.3) is 0 Å². The number of carboxylic acids is 1. The number of halogens is 1. The average molecular weight is 263 g/mol. The highest BCUT2D eigenvalue weighted by Gasteiger charge is 2.28. The van der Waals surface area contributed by atoms with Crippen LogP contribution in [0.3, 0.4) is 0 Å². The predicted octanol–water partition coefficient (Wildman–Crippen LogP) is 3.36. The van der Waals surface area contributed by atoms with Gasteiger partial charge in [-0.05, 0) is 55.9 Å². The maximum absolute atomic E-state index is 13.3. The van der Waals surface area contributed by atoms with Gasteiger partial charge in [0, 0.05) is 5.69 Å². The molecule has 0 radical (unpaired) electrons. The van der Waals surface area contributed by atoms with Gasteiger partial charge < -0.3 is 10.4 Å². The minimum Gasteiger partial charge on any atom is -0.480 e. The maximum Gasteiger partial charge on any atom is 0.326 e. The molecule has 0 aliphatic heterocycles. The Hall–Kier alpha value is -1.84. The standard InChI is InChI=1S/C15H18FNO2/c1-10-7-12(16)9-13(8-10)17-14(15(18)19)11-5-3-2-4-6-11/h2-3,7-9,11,14,17H,4-6H2,1H3,(H,18,19). The number of rotatable bonds is 4. The van der Waals surface area contributed by atoms with Crippen molar-refractivity contribution in [1.29, 1.82) is 0 Å². The van der Waals surface area contributed by atoms with Crippen LogP contribution in [0.1, 0.15) is 24.8 Å². The lowest BCUT2D eigenvalue weighted by atomic mass is 9.87. The average Bonchev–Trinajstić information content (AvgIpc) is 2.35. The molecule has 1 aromatic carbocycles. The number of aliphatic carboxylic acids is 1. The third kappa shape index (κ3) is 3.56. The molecular weight excluding hydrogens is 245 g/mol. The van der Waals surface area contributed by atoms with Gasteiger partial charge in [-0.15, -0.1) is 0 Å². The summed E-state index contributed by atoms with van der Waals surface area (Å²) in [4.78, 5) is 11.4. The number of carbonyl (C=O) groups is 1. The Morgan fingerprint density at radius 3 is 2.79 bits per heavy atom. The van der Waals surface area contributed by atoms with Crippen LogP contribution in [0.2, 0.25) is 0 Å². The summed E-state index contributed by atoms with van der Waals surface area (Å²) in [7, 11) is 0. The fourth-order valence-electron chi connectivity index (χ4n) is 2.50. The van der Waals surface area contributed by atoms with E-state index in [1.54, 1.807) is 13.0 Å². The molecule has 1 aliphatic rings. The van der Waals surface area contributed by atoms with Crippen LogP contribution in [0.4, 0.5) is 10.1 Å². The number of carboxylic acid groups (broad SMARTS) is 1. The minimum absolute atomic E-state index is 0.0473. The van der Waals surface area contributed by atoms with Gasteiger partial charge in [0.25, 0.3) is 0 Å². The Bertz CT molecular complexity index is 479. The van der Waals surface area contributed by atoms with Crippen molar-refractivity contribution in [1.82, 2.24) is 0 Å². The van der Waals surface area contributed by atoms with Crippen LogP contribution in [0.5, 0.6) is 0 Å². The van der Waals surface area contributed by atoms with Crippen molar-refractivity contribution in [2.24, 2.45) is 5.92 Å². The van der Waals surface area contributed by atoms with Gasteiger partial charge in [0.05, 0.1) is 0 Å². The van der Waals surface area contributed by atoms with Gasteiger partial charge in [0.15, 0.2) is 0 Å². The second-order valence-corrected chi connectivity index (χ2v) is 5.02. The molecule has 2 N–H and O–H groups in total. The molecule has 0 saturated carbocycles. The van der Waals surface area contributed by atoms with E-state index in [-0.39, 0.29) is 11.7 Å². The van der Waals surface area contributed by atoms with Crippen LogP contribution in [-0.4, -0.2) is 17.1 Å². The van der Waals surface area contributed by atoms with Gasteiger partial charge in [-0.25, -0.2) is 9.18 Å². The third-order valence-electron chi connectivity index (χ3n) is 3.41. The Kier molecular flexibility index (Phi) is 4.20. The van der Waals surface area contributed by atoms with Gasteiger partial charge in [-0.1, -0.05) is 12.2 Å². The summed E-state index contributed by atoms with van der Waals surface area (Å²) < 4.78 is 13.3. The Morgan fingerprint density at radius 1 is 1.42 bits per heavy atom. The fraction of sp³-hybridized carbons (Fsp3) is 0.400. The third-order valence-corrected chi connectivity index (χ3v) is 3.41. The first-order chi connectivity index (χ1) is 9.06. The van der Waals surface area contributed by atoms with E-state index in [0.717, 1.165) is 24.8 Å². The topological polar surface area (TPSA) is 49.3 Å². The molecule has 1 aliphatic carbocycles. The normalized spacial score (nSPS) is 20.0. The summed E-state index contributed by atoms with van der Waals surface area (Å²) in [5.41, 5.74) is 1.30. The monoisotopic (exact) mass is 263 g/mol. The lowest BCUT2D eigenvalue weighted by molar-refractivity contribution is -0.139. The number of benzene rings is 1. The first-order valence-electron chi connectivity index (χ1n) is 6.48. The zero-order chi connectivity index (χ0) is 13.8. The molecular formula is C15H18FNO2. The lowest BCUT2D eigenvalue weighted by Crippen LogP contribution is -2.37. The fourth-order valence-corrected chi connectivity index (χ4v) is 2.50. The number of hydrogen-bond donors (Lipinski definition) is 2. The minimum atomic E-state index is -0.887. The van der Waals surface area contributed by atoms with Crippen LogP contribution in [-0.2, 0) is 4.79 Å². The van der Waals surface area contributed by atoms with E-state index < -0.39 is 12.0 Å². The highest BCUT2D eigenvalue weighted by Crippen LogP contribution is 2.25. The second kappa shape index (κ2) is 5.87.